The first-order valence-electron chi connectivity index (χ1n) is 61.7. The number of fused-ring (bicyclic) bond motifs is 20. The second-order valence-electron chi connectivity index (χ2n) is 46.3. The van der Waals surface area contributed by atoms with Crippen LogP contribution in [0.1, 0.15) is 515 Å². The zero-order valence-corrected chi connectivity index (χ0v) is 92.7. The molecular formula is C141H194. The van der Waals surface area contributed by atoms with Crippen LogP contribution in [0.5, 0.6) is 0 Å². The first-order chi connectivity index (χ1) is 70.9. The highest BCUT2D eigenvalue weighted by Gasteiger charge is 2.51. The van der Waals surface area contributed by atoms with Gasteiger partial charge in [-0.2, -0.15) is 0 Å². The van der Waals surface area contributed by atoms with Crippen LogP contribution >= 0.6 is 0 Å². The van der Waals surface area contributed by atoms with Crippen molar-refractivity contribution >= 4 is 43.1 Å². The van der Waals surface area contributed by atoms with Crippen LogP contribution in [0.4, 0.5) is 0 Å². The van der Waals surface area contributed by atoms with E-state index in [9.17, 15) is 0 Å². The van der Waals surface area contributed by atoms with Gasteiger partial charge in [-0.05, 0) is 325 Å². The molecule has 16 rings (SSSR count). The highest BCUT2D eigenvalue weighted by Crippen LogP contribution is 2.66. The summed E-state index contributed by atoms with van der Waals surface area (Å²) in [5, 5.41) is 11.5. The number of hydrogen-bond donors (Lipinski definition) is 0. The van der Waals surface area contributed by atoms with E-state index in [1.54, 1.807) is 94.6 Å². The van der Waals surface area contributed by atoms with Gasteiger partial charge in [0.25, 0.3) is 0 Å². The van der Waals surface area contributed by atoms with Crippen LogP contribution in [-0.2, 0) is 21.7 Å². The van der Waals surface area contributed by atoms with Crippen molar-refractivity contribution in [1.29, 1.82) is 0 Å². The molecule has 0 atom stereocenters. The summed E-state index contributed by atoms with van der Waals surface area (Å²) in [5.74, 6) is 0. The maximum Gasteiger partial charge on any atom is 0.0218 e. The summed E-state index contributed by atoms with van der Waals surface area (Å²) >= 11 is 0. The molecule has 0 saturated heterocycles. The molecule has 0 spiro atoms. The first-order valence-corrected chi connectivity index (χ1v) is 59.7. The van der Waals surface area contributed by atoms with E-state index >= 15 is 0 Å². The predicted molar refractivity (Wildman–Crippen MR) is 629 cm³/mol. The maximum absolute atomic E-state index is 5.00. The van der Waals surface area contributed by atoms with Gasteiger partial charge in [0, 0.05) is 27.6 Å². The van der Waals surface area contributed by atoms with Crippen LogP contribution in [0.3, 0.4) is 0 Å². The van der Waals surface area contributed by atoms with Crippen molar-refractivity contribution in [3.05, 3.63) is 258 Å². The van der Waals surface area contributed by atoms with E-state index in [0.29, 0.717) is 0 Å². The Hall–Kier alpha value is -8.32. The summed E-state index contributed by atoms with van der Waals surface area (Å²) in [6.45, 7) is 41.0. The maximum atomic E-state index is 5.00. The third kappa shape index (κ3) is 22.6. The largest absolute Gasteiger partial charge is 0.0654 e. The molecule has 12 aromatic carbocycles. The highest BCUT2D eigenvalue weighted by molar-refractivity contribution is 6.12. The number of rotatable bonds is 58. The van der Waals surface area contributed by atoms with Gasteiger partial charge in [-0.1, -0.05) is 521 Å². The molecule has 0 heterocycles. The Morgan fingerprint density at radius 3 is 0.723 bits per heavy atom. The summed E-state index contributed by atoms with van der Waals surface area (Å²) in [4.78, 5) is 0. The minimum atomic E-state index is 0.00598. The highest BCUT2D eigenvalue weighted by atomic mass is 14.5. The molecule has 0 amide bonds. The molecule has 4 aliphatic rings. The van der Waals surface area contributed by atoms with Crippen LogP contribution in [0, 0.1) is 62.3 Å². The number of aryl methyl sites for hydroxylation is 7. The number of unbranched alkanes of at least 4 members (excludes halogenated alkanes) is 40. The standard InChI is InChI=1S/C72H98.C69H92.2H2/c1-11-15-19-23-27-35-43-71(44-36-28-24-20-16-12-2)63-49-51(5)57-39-31-33-41-59(57)67(63)61-47-53(7)65(55(9)69(61)71)66-54(8)48-62-68-60-42-34-32-40-58(60)52(6)50-64(68)72(70(62)56(66)10,45-37-29-25-21-17-13-3)46-38-30-26-22-18-14-4;1-8-12-16-20-24-32-42-68(43-33-25-21-17-13-9-2)62-46-51(5)40-41-58(62)66-57-39-31-29-37-55(57)60(50-65(66)68)59-49-63-61(47-52(59)6)67-56-38-30-28-36-54(56)53(7)48-64(67)69(63,44-34-26-22-18-14-10-3)45-35-27-23-19-15-11-4;;/h31-34,39-42,47-50H,11-30,35-38,43-46H2,1-10H3;28-31,36-41,46-50H,8-27,32-35,42-45H2,1-7H3;2*1H/i;;2*1+1D. The second kappa shape index (κ2) is 51.1. The lowest BCUT2D eigenvalue weighted by atomic mass is 9.66. The van der Waals surface area contributed by atoms with Gasteiger partial charge in [0.2, 0.25) is 0 Å². The molecule has 0 aliphatic heterocycles. The lowest BCUT2D eigenvalue weighted by Crippen LogP contribution is -2.28. The molecule has 0 aromatic heterocycles. The average Bonchev–Trinajstić information content (AvgIpc) is 1.49. The van der Waals surface area contributed by atoms with Crippen LogP contribution < -0.4 is 0 Å². The van der Waals surface area contributed by atoms with Crippen LogP contribution in [0.25, 0.3) is 110 Å². The summed E-state index contributed by atoms with van der Waals surface area (Å²) < 4.78 is 20.0. The Morgan fingerprint density at radius 2 is 0.404 bits per heavy atom. The fourth-order valence-corrected chi connectivity index (χ4v) is 29.0. The molecule has 0 radical (unpaired) electrons. The molecule has 0 saturated carbocycles. The van der Waals surface area contributed by atoms with E-state index in [1.807, 2.05) is 0 Å². The molecule has 141 heavy (non-hydrogen) atoms. The van der Waals surface area contributed by atoms with Crippen LogP contribution in [0.2, 0.25) is 0 Å². The van der Waals surface area contributed by atoms with E-state index < -0.39 is 0 Å². The van der Waals surface area contributed by atoms with Gasteiger partial charge in [-0.25, -0.2) is 0 Å². The third-order valence-electron chi connectivity index (χ3n) is 36.2. The van der Waals surface area contributed by atoms with Crippen molar-refractivity contribution in [2.45, 2.75) is 499 Å². The fraction of sp³-hybridized carbons (Fsp3) is 0.546. The Labute approximate surface area is 867 Å². The van der Waals surface area contributed by atoms with Gasteiger partial charge in [0.15, 0.2) is 0 Å². The van der Waals surface area contributed by atoms with Crippen molar-refractivity contribution in [3.63, 3.8) is 0 Å². The Balaban J connectivity index is 0.000000235. The van der Waals surface area contributed by atoms with Gasteiger partial charge < -0.3 is 0 Å². The average molecular weight is 1890 g/mol. The summed E-state index contributed by atoms with van der Waals surface area (Å²) in [5.41, 5.74) is 44.8. The summed E-state index contributed by atoms with van der Waals surface area (Å²) in [6, 6.07) is 67.1. The predicted octanol–water partition coefficient (Wildman–Crippen LogP) is 45.7. The minimum Gasteiger partial charge on any atom is -0.0654 e. The van der Waals surface area contributed by atoms with E-state index in [-0.39, 0.29) is 21.7 Å². The first kappa shape index (κ1) is 104. The number of hydrogen-bond acceptors (Lipinski definition) is 0. The SMILES string of the molecule is CCCCCCCCC1(CCCCCCCC)c2cc(-c3cc4c(c5ccccc35)-c3ccc(C)cc3C4(CCCCCCCC)CCCCCCCC)c(C)cc2-c2c1cc(C)c1ccccc21.CCCCCCCCC1(CCCCCCCC)c2cc(C)c3ccccc3c2-c2cc(C)c(-c3c(C)cc4c(c3C)C(CCCCCCCC)(CCCCCCCC)c3cc(C)c5ccccc5c3-4)c(C)c21.[2H][2H].[2H][2H]. The second-order valence-corrected chi connectivity index (χ2v) is 46.3. The Morgan fingerprint density at radius 1 is 0.170 bits per heavy atom. The van der Waals surface area contributed by atoms with Gasteiger partial charge >= 0.3 is 0 Å². The molecular weight excluding hydrogens is 1690 g/mol. The molecule has 0 N–H and O–H groups in total. The fourth-order valence-electron chi connectivity index (χ4n) is 29.0. The van der Waals surface area contributed by atoms with E-state index in [2.05, 4.69) is 281 Å². The van der Waals surface area contributed by atoms with E-state index in [0.717, 1.165) is 0 Å². The molecule has 0 bridgehead atoms. The molecule has 0 nitrogen and oxygen atoms in total. The Kier molecular flexibility index (Phi) is 37.8. The zero-order chi connectivity index (χ0) is 103. The zero-order valence-electron chi connectivity index (χ0n) is 96.7. The van der Waals surface area contributed by atoms with Crippen molar-refractivity contribution in [1.82, 2.24) is 0 Å². The van der Waals surface area contributed by atoms with Crippen LogP contribution in [0.15, 0.2) is 164 Å². The monoisotopic (exact) mass is 1890 g/mol. The lowest BCUT2D eigenvalue weighted by molar-refractivity contribution is 0.396. The molecule has 4 aliphatic carbocycles. The third-order valence-corrected chi connectivity index (χ3v) is 36.2. The van der Waals surface area contributed by atoms with Gasteiger partial charge in [0.05, 0.1) is 0 Å². The van der Waals surface area contributed by atoms with Gasteiger partial charge in [0.1, 0.15) is 0 Å². The van der Waals surface area contributed by atoms with Crippen molar-refractivity contribution in [3.8, 4) is 66.8 Å². The Bertz CT molecular complexity index is 5900. The quantitative estimate of drug-likeness (QED) is 0.0333. The van der Waals surface area contributed by atoms with Crippen molar-refractivity contribution < 1.29 is 5.94 Å². The molecule has 0 fully saturated rings. The summed E-state index contributed by atoms with van der Waals surface area (Å²) in [7, 11) is 0. The molecule has 0 heteroatoms. The number of benzene rings is 12. The minimum absolute atomic E-state index is 0.00598. The summed E-state index contributed by atoms with van der Waals surface area (Å²) in [6.07, 6.45) is 74.3. The van der Waals surface area contributed by atoms with E-state index in [4.69, 9.17) is 5.94 Å². The normalized spacial score (nSPS) is 14.2. The lowest BCUT2D eigenvalue weighted by Gasteiger charge is -2.37. The van der Waals surface area contributed by atoms with E-state index in [1.165, 1.54) is 469 Å². The molecule has 12 aromatic rings. The molecule has 0 unspecified atom stereocenters. The molecule has 758 valence electrons. The van der Waals surface area contributed by atoms with Crippen molar-refractivity contribution in [2.24, 2.45) is 0 Å². The van der Waals surface area contributed by atoms with Crippen molar-refractivity contribution in [2.75, 3.05) is 0 Å². The topological polar surface area (TPSA) is 0 Å². The van der Waals surface area contributed by atoms with Gasteiger partial charge in [-0.3, -0.25) is 0 Å². The van der Waals surface area contributed by atoms with Gasteiger partial charge in [-0.15, -0.1) is 0 Å². The van der Waals surface area contributed by atoms with Crippen LogP contribution in [-0.4, -0.2) is 0 Å². The smallest absolute Gasteiger partial charge is 0.0218 e.